The maximum absolute atomic E-state index is 12.4. The molecular weight excluding hydrogens is 459 g/mol. The lowest BCUT2D eigenvalue weighted by molar-refractivity contribution is -0.121. The van der Waals surface area contributed by atoms with Gasteiger partial charge in [-0.1, -0.05) is 47.5 Å². The SMILES string of the molecule is CN1CCN(Cc2cccc(CNC(=O)CCc3ncc(-c4ccc(Cl)cc4Cl)o3)c2)CC1. The van der Waals surface area contributed by atoms with Gasteiger partial charge in [-0.15, -0.1) is 0 Å². The van der Waals surface area contributed by atoms with Gasteiger partial charge >= 0.3 is 0 Å². The first-order chi connectivity index (χ1) is 16.0. The Bertz CT molecular complexity index is 1090. The highest BCUT2D eigenvalue weighted by atomic mass is 35.5. The first kappa shape index (κ1) is 23.8. The normalized spacial score (nSPS) is 15.0. The van der Waals surface area contributed by atoms with Crippen molar-refractivity contribution in [3.8, 4) is 11.3 Å². The molecule has 33 heavy (non-hydrogen) atoms. The second-order valence-corrected chi connectivity index (χ2v) is 9.26. The Labute approximate surface area is 204 Å². The van der Waals surface area contributed by atoms with Crippen LogP contribution in [0.2, 0.25) is 10.0 Å². The van der Waals surface area contributed by atoms with Crippen LogP contribution < -0.4 is 5.32 Å². The van der Waals surface area contributed by atoms with E-state index in [0.29, 0.717) is 41.1 Å². The molecule has 0 spiro atoms. The third kappa shape index (κ3) is 6.81. The van der Waals surface area contributed by atoms with Crippen LogP contribution in [0.25, 0.3) is 11.3 Å². The molecule has 2 aromatic carbocycles. The summed E-state index contributed by atoms with van der Waals surface area (Å²) in [4.78, 5) is 21.5. The van der Waals surface area contributed by atoms with Crippen molar-refractivity contribution in [2.75, 3.05) is 33.2 Å². The lowest BCUT2D eigenvalue weighted by atomic mass is 10.1. The van der Waals surface area contributed by atoms with E-state index in [1.165, 1.54) is 5.56 Å². The highest BCUT2D eigenvalue weighted by Crippen LogP contribution is 2.30. The van der Waals surface area contributed by atoms with Crippen LogP contribution in [-0.4, -0.2) is 53.9 Å². The summed E-state index contributed by atoms with van der Waals surface area (Å²) in [5, 5.41) is 4.05. The maximum atomic E-state index is 12.4. The molecule has 6 nitrogen and oxygen atoms in total. The number of benzene rings is 2. The zero-order valence-electron chi connectivity index (χ0n) is 18.7. The topological polar surface area (TPSA) is 61.6 Å². The Morgan fingerprint density at radius 2 is 1.88 bits per heavy atom. The van der Waals surface area contributed by atoms with Gasteiger partial charge in [-0.2, -0.15) is 0 Å². The molecular formula is C25H28Cl2N4O2. The van der Waals surface area contributed by atoms with E-state index in [1.807, 2.05) is 6.07 Å². The van der Waals surface area contributed by atoms with Gasteiger partial charge in [0.2, 0.25) is 5.91 Å². The molecule has 0 saturated carbocycles. The summed E-state index contributed by atoms with van der Waals surface area (Å²) in [5.74, 6) is 1.02. The van der Waals surface area contributed by atoms with Crippen molar-refractivity contribution in [1.29, 1.82) is 0 Å². The molecule has 3 aromatic rings. The largest absolute Gasteiger partial charge is 0.441 e. The summed E-state index contributed by atoms with van der Waals surface area (Å²) >= 11 is 12.2. The number of carbonyl (C=O) groups excluding carboxylic acids is 1. The van der Waals surface area contributed by atoms with Crippen molar-refractivity contribution < 1.29 is 9.21 Å². The zero-order valence-corrected chi connectivity index (χ0v) is 20.2. The van der Waals surface area contributed by atoms with E-state index in [-0.39, 0.29) is 5.91 Å². The summed E-state index contributed by atoms with van der Waals surface area (Å²) < 4.78 is 5.77. The number of aryl methyl sites for hydroxylation is 1. The highest BCUT2D eigenvalue weighted by molar-refractivity contribution is 6.36. The van der Waals surface area contributed by atoms with Gasteiger partial charge in [0.05, 0.1) is 11.2 Å². The number of halogens is 2. The molecule has 1 aliphatic heterocycles. The Morgan fingerprint density at radius 1 is 1.09 bits per heavy atom. The average molecular weight is 487 g/mol. The lowest BCUT2D eigenvalue weighted by Gasteiger charge is -2.32. The van der Waals surface area contributed by atoms with Crippen LogP contribution in [-0.2, 0) is 24.3 Å². The fourth-order valence-electron chi connectivity index (χ4n) is 3.85. The molecule has 2 heterocycles. The summed E-state index contributed by atoms with van der Waals surface area (Å²) in [5.41, 5.74) is 3.10. The van der Waals surface area contributed by atoms with Crippen LogP contribution in [0.1, 0.15) is 23.4 Å². The number of nitrogens with one attached hydrogen (secondary N) is 1. The number of nitrogens with zero attached hydrogens (tertiary/aromatic N) is 3. The fraction of sp³-hybridized carbons (Fsp3) is 0.360. The molecule has 0 aliphatic carbocycles. The lowest BCUT2D eigenvalue weighted by Crippen LogP contribution is -2.43. The van der Waals surface area contributed by atoms with Crippen molar-refractivity contribution in [2.24, 2.45) is 0 Å². The van der Waals surface area contributed by atoms with Crippen LogP contribution in [0.15, 0.2) is 53.1 Å². The van der Waals surface area contributed by atoms with Gasteiger partial charge in [0.1, 0.15) is 0 Å². The molecule has 0 bridgehead atoms. The number of rotatable bonds is 8. The van der Waals surface area contributed by atoms with E-state index in [0.717, 1.165) is 43.9 Å². The molecule has 1 saturated heterocycles. The van der Waals surface area contributed by atoms with Crippen molar-refractivity contribution in [3.05, 3.63) is 75.7 Å². The summed E-state index contributed by atoms with van der Waals surface area (Å²) in [6.45, 7) is 5.84. The Hall–Kier alpha value is -2.38. The summed E-state index contributed by atoms with van der Waals surface area (Å²) in [6.07, 6.45) is 2.34. The predicted octanol–water partition coefficient (Wildman–Crippen LogP) is 4.64. The number of hydrogen-bond donors (Lipinski definition) is 1. The maximum Gasteiger partial charge on any atom is 0.220 e. The third-order valence-electron chi connectivity index (χ3n) is 5.80. The van der Waals surface area contributed by atoms with Gasteiger partial charge in [-0.25, -0.2) is 4.98 Å². The molecule has 1 aliphatic rings. The number of amides is 1. The first-order valence-corrected chi connectivity index (χ1v) is 11.9. The molecule has 0 unspecified atom stereocenters. The van der Waals surface area contributed by atoms with Gasteiger partial charge in [0.25, 0.3) is 0 Å². The number of likely N-dealkylation sites (N-methyl/N-ethyl adjacent to an activating group) is 1. The van der Waals surface area contributed by atoms with Crippen molar-refractivity contribution in [1.82, 2.24) is 20.1 Å². The third-order valence-corrected chi connectivity index (χ3v) is 6.35. The van der Waals surface area contributed by atoms with Gasteiger partial charge in [-0.05, 0) is 36.4 Å². The Balaban J connectivity index is 1.24. The van der Waals surface area contributed by atoms with Crippen molar-refractivity contribution >= 4 is 29.1 Å². The fourth-order valence-corrected chi connectivity index (χ4v) is 4.35. The van der Waals surface area contributed by atoms with Crippen LogP contribution >= 0.6 is 23.2 Å². The minimum absolute atomic E-state index is 0.0382. The molecule has 8 heteroatoms. The standard InChI is InChI=1S/C25H28Cl2N4O2/c1-30-9-11-31(12-10-30)17-19-4-2-3-18(13-19)15-28-24(32)7-8-25-29-16-23(33-25)21-6-5-20(26)14-22(21)27/h2-6,13-14,16H,7-12,15,17H2,1H3,(H,28,32). The predicted molar refractivity (Wildman–Crippen MR) is 131 cm³/mol. The zero-order chi connectivity index (χ0) is 23.2. The van der Waals surface area contributed by atoms with E-state index in [4.69, 9.17) is 27.6 Å². The summed E-state index contributed by atoms with van der Waals surface area (Å²) in [7, 11) is 2.16. The number of aromatic nitrogens is 1. The minimum atomic E-state index is -0.0382. The van der Waals surface area contributed by atoms with Crippen LogP contribution in [0.5, 0.6) is 0 Å². The van der Waals surface area contributed by atoms with E-state index >= 15 is 0 Å². The quantitative estimate of drug-likeness (QED) is 0.502. The average Bonchev–Trinajstić information content (AvgIpc) is 3.27. The van der Waals surface area contributed by atoms with E-state index in [2.05, 4.69) is 45.3 Å². The number of piperazine rings is 1. The van der Waals surface area contributed by atoms with Gasteiger partial charge < -0.3 is 14.6 Å². The second-order valence-electron chi connectivity index (χ2n) is 8.42. The second kappa shape index (κ2) is 11.2. The van der Waals surface area contributed by atoms with E-state index in [1.54, 1.807) is 24.4 Å². The molecule has 1 fully saturated rings. The van der Waals surface area contributed by atoms with Crippen molar-refractivity contribution in [3.63, 3.8) is 0 Å². The van der Waals surface area contributed by atoms with Gasteiger partial charge in [0.15, 0.2) is 11.7 Å². The van der Waals surface area contributed by atoms with Crippen LogP contribution in [0.4, 0.5) is 0 Å². The Kier molecular flexibility index (Phi) is 8.04. The molecule has 1 amide bonds. The number of oxazole rings is 1. The van der Waals surface area contributed by atoms with Crippen molar-refractivity contribution in [2.45, 2.75) is 25.9 Å². The number of hydrogen-bond acceptors (Lipinski definition) is 5. The van der Waals surface area contributed by atoms with Crippen LogP contribution in [0, 0.1) is 0 Å². The minimum Gasteiger partial charge on any atom is -0.441 e. The van der Waals surface area contributed by atoms with E-state index < -0.39 is 0 Å². The Morgan fingerprint density at radius 3 is 2.67 bits per heavy atom. The van der Waals surface area contributed by atoms with Crippen LogP contribution in [0.3, 0.4) is 0 Å². The molecule has 0 radical (unpaired) electrons. The highest BCUT2D eigenvalue weighted by Gasteiger charge is 2.14. The molecule has 1 aromatic heterocycles. The molecule has 174 valence electrons. The molecule has 1 N–H and O–H groups in total. The monoisotopic (exact) mass is 486 g/mol. The smallest absolute Gasteiger partial charge is 0.220 e. The summed E-state index contributed by atoms with van der Waals surface area (Å²) in [6, 6.07) is 13.6. The van der Waals surface area contributed by atoms with Gasteiger partial charge in [0, 0.05) is 62.7 Å². The van der Waals surface area contributed by atoms with Gasteiger partial charge in [-0.3, -0.25) is 9.69 Å². The number of carbonyl (C=O) groups is 1. The molecule has 4 rings (SSSR count). The first-order valence-electron chi connectivity index (χ1n) is 11.1. The van der Waals surface area contributed by atoms with E-state index in [9.17, 15) is 4.79 Å². The molecule has 0 atom stereocenters.